The average molecular weight is 322 g/mol. The van der Waals surface area contributed by atoms with Crippen LogP contribution in [0.1, 0.15) is 45.4 Å². The monoisotopic (exact) mass is 322 g/mol. The van der Waals surface area contributed by atoms with Gasteiger partial charge in [0.05, 0.1) is 12.6 Å². The molecule has 0 unspecified atom stereocenters. The molecule has 2 N–H and O–H groups in total. The number of carbonyl (C=O) groups is 2. The molecule has 2 saturated carbocycles. The molecule has 2 amide bonds. The van der Waals surface area contributed by atoms with E-state index < -0.39 is 0 Å². The summed E-state index contributed by atoms with van der Waals surface area (Å²) in [5.74, 6) is 0.310. The van der Waals surface area contributed by atoms with Crippen molar-refractivity contribution in [3.05, 3.63) is 0 Å². The minimum absolute atomic E-state index is 0.0713. The van der Waals surface area contributed by atoms with Gasteiger partial charge >= 0.3 is 0 Å². The number of nitrogens with zero attached hydrogens (tertiary/aromatic N) is 2. The van der Waals surface area contributed by atoms with E-state index in [1.165, 1.54) is 12.8 Å². The smallest absolute Gasteiger partial charge is 0.237 e. The first-order chi connectivity index (χ1) is 11.1. The van der Waals surface area contributed by atoms with E-state index in [4.69, 9.17) is 0 Å². The summed E-state index contributed by atoms with van der Waals surface area (Å²) < 4.78 is 0. The molecular formula is C17H30N4O2. The Kier molecular flexibility index (Phi) is 5.54. The molecule has 0 radical (unpaired) electrons. The minimum Gasteiger partial charge on any atom is -0.352 e. The highest BCUT2D eigenvalue weighted by Gasteiger charge is 2.29. The zero-order valence-electron chi connectivity index (χ0n) is 14.2. The lowest BCUT2D eigenvalue weighted by Gasteiger charge is -2.37. The van der Waals surface area contributed by atoms with Crippen molar-refractivity contribution >= 4 is 11.8 Å². The lowest BCUT2D eigenvalue weighted by molar-refractivity contribution is -0.128. The Morgan fingerprint density at radius 3 is 2.17 bits per heavy atom. The van der Waals surface area contributed by atoms with Crippen LogP contribution in [0.25, 0.3) is 0 Å². The molecule has 3 fully saturated rings. The molecule has 23 heavy (non-hydrogen) atoms. The van der Waals surface area contributed by atoms with Gasteiger partial charge < -0.3 is 10.6 Å². The zero-order chi connectivity index (χ0) is 16.2. The molecule has 0 aromatic carbocycles. The van der Waals surface area contributed by atoms with Crippen LogP contribution in [0.15, 0.2) is 0 Å². The number of hydrogen-bond donors (Lipinski definition) is 2. The molecular weight excluding hydrogens is 292 g/mol. The molecule has 1 aliphatic heterocycles. The summed E-state index contributed by atoms with van der Waals surface area (Å²) in [6, 6.07) is 0.749. The second-order valence-electron chi connectivity index (χ2n) is 7.32. The highest BCUT2D eigenvalue weighted by atomic mass is 16.2. The zero-order valence-corrected chi connectivity index (χ0v) is 14.2. The van der Waals surface area contributed by atoms with Gasteiger partial charge in [-0.05, 0) is 32.6 Å². The first kappa shape index (κ1) is 16.7. The summed E-state index contributed by atoms with van der Waals surface area (Å²) in [6.07, 6.45) is 6.99. The van der Waals surface area contributed by atoms with Crippen molar-refractivity contribution in [3.63, 3.8) is 0 Å². The molecule has 0 spiro atoms. The van der Waals surface area contributed by atoms with Gasteiger partial charge in [0.1, 0.15) is 0 Å². The van der Waals surface area contributed by atoms with Crippen molar-refractivity contribution in [2.24, 2.45) is 0 Å². The van der Waals surface area contributed by atoms with Crippen molar-refractivity contribution in [3.8, 4) is 0 Å². The molecule has 0 bridgehead atoms. The van der Waals surface area contributed by atoms with E-state index in [0.717, 1.165) is 51.9 Å². The van der Waals surface area contributed by atoms with Crippen LogP contribution >= 0.6 is 0 Å². The normalized spacial score (nSPS) is 25.3. The molecule has 1 atom stereocenters. The van der Waals surface area contributed by atoms with Crippen LogP contribution in [0.5, 0.6) is 0 Å². The molecule has 0 aromatic rings. The van der Waals surface area contributed by atoms with Gasteiger partial charge in [0.2, 0.25) is 11.8 Å². The van der Waals surface area contributed by atoms with E-state index in [-0.39, 0.29) is 17.9 Å². The predicted octanol–water partition coefficient (Wildman–Crippen LogP) is 0.330. The molecule has 0 aromatic heterocycles. The predicted molar refractivity (Wildman–Crippen MR) is 89.0 cm³/mol. The topological polar surface area (TPSA) is 64.7 Å². The van der Waals surface area contributed by atoms with Gasteiger partial charge in [-0.2, -0.15) is 0 Å². The van der Waals surface area contributed by atoms with Crippen LogP contribution in [0.3, 0.4) is 0 Å². The van der Waals surface area contributed by atoms with Crippen LogP contribution < -0.4 is 10.6 Å². The standard InChI is InChI=1S/C17H30N4O2/c1-13(17(23)19-14-4-2-3-5-14)21-10-8-20(9-11-21)12-16(22)18-15-6-7-15/h13-15H,2-12H2,1H3,(H,18,22)(H,19,23)/t13-/m0/s1. The Bertz CT molecular complexity index is 424. The van der Waals surface area contributed by atoms with Crippen molar-refractivity contribution in [2.45, 2.75) is 63.6 Å². The highest BCUT2D eigenvalue weighted by Crippen LogP contribution is 2.19. The molecule has 2 aliphatic carbocycles. The third kappa shape index (κ3) is 4.91. The lowest BCUT2D eigenvalue weighted by atomic mass is 10.2. The van der Waals surface area contributed by atoms with Crippen molar-refractivity contribution in [1.29, 1.82) is 0 Å². The maximum Gasteiger partial charge on any atom is 0.237 e. The summed E-state index contributed by atoms with van der Waals surface area (Å²) in [5.41, 5.74) is 0. The van der Waals surface area contributed by atoms with Crippen LogP contribution in [0, 0.1) is 0 Å². The maximum absolute atomic E-state index is 12.4. The van der Waals surface area contributed by atoms with E-state index in [2.05, 4.69) is 20.4 Å². The molecule has 130 valence electrons. The SMILES string of the molecule is C[C@@H](C(=O)NC1CCCC1)N1CCN(CC(=O)NC2CC2)CC1. The highest BCUT2D eigenvalue weighted by molar-refractivity contribution is 5.81. The second kappa shape index (κ2) is 7.62. The summed E-state index contributed by atoms with van der Waals surface area (Å²) in [6.45, 7) is 5.93. The Morgan fingerprint density at radius 1 is 0.957 bits per heavy atom. The van der Waals surface area contributed by atoms with Crippen molar-refractivity contribution in [1.82, 2.24) is 20.4 Å². The third-order valence-electron chi connectivity index (χ3n) is 5.35. The molecule has 6 nitrogen and oxygen atoms in total. The minimum atomic E-state index is -0.0713. The molecule has 3 rings (SSSR count). The van der Waals surface area contributed by atoms with E-state index in [1.807, 2.05) is 6.92 Å². The Labute approximate surface area is 139 Å². The van der Waals surface area contributed by atoms with Gasteiger partial charge in [0.25, 0.3) is 0 Å². The van der Waals surface area contributed by atoms with Gasteiger partial charge in [0.15, 0.2) is 0 Å². The summed E-state index contributed by atoms with van der Waals surface area (Å²) >= 11 is 0. The van der Waals surface area contributed by atoms with Gasteiger partial charge in [-0.3, -0.25) is 19.4 Å². The summed E-state index contributed by atoms with van der Waals surface area (Å²) in [7, 11) is 0. The fourth-order valence-electron chi connectivity index (χ4n) is 3.57. The number of amides is 2. The molecule has 1 saturated heterocycles. The number of carbonyl (C=O) groups excluding carboxylic acids is 2. The Hall–Kier alpha value is -1.14. The molecule has 1 heterocycles. The van der Waals surface area contributed by atoms with E-state index in [1.54, 1.807) is 0 Å². The number of nitrogens with one attached hydrogen (secondary N) is 2. The number of piperazine rings is 1. The van der Waals surface area contributed by atoms with Crippen LogP contribution in [-0.2, 0) is 9.59 Å². The Balaban J connectivity index is 1.37. The fraction of sp³-hybridized carbons (Fsp3) is 0.882. The van der Waals surface area contributed by atoms with Crippen LogP contribution in [0.2, 0.25) is 0 Å². The van der Waals surface area contributed by atoms with Crippen molar-refractivity contribution in [2.75, 3.05) is 32.7 Å². The quantitative estimate of drug-likeness (QED) is 0.740. The van der Waals surface area contributed by atoms with E-state index in [0.29, 0.717) is 18.6 Å². The van der Waals surface area contributed by atoms with Gasteiger partial charge in [-0.15, -0.1) is 0 Å². The van der Waals surface area contributed by atoms with Crippen molar-refractivity contribution < 1.29 is 9.59 Å². The largest absolute Gasteiger partial charge is 0.352 e. The van der Waals surface area contributed by atoms with E-state index >= 15 is 0 Å². The van der Waals surface area contributed by atoms with Gasteiger partial charge in [-0.25, -0.2) is 0 Å². The summed E-state index contributed by atoms with van der Waals surface area (Å²) in [4.78, 5) is 28.6. The number of hydrogen-bond acceptors (Lipinski definition) is 4. The van der Waals surface area contributed by atoms with E-state index in [9.17, 15) is 9.59 Å². The first-order valence-corrected chi connectivity index (χ1v) is 9.18. The molecule has 6 heteroatoms. The molecule has 3 aliphatic rings. The maximum atomic E-state index is 12.4. The van der Waals surface area contributed by atoms with Crippen LogP contribution in [-0.4, -0.2) is 72.5 Å². The average Bonchev–Trinajstić information content (AvgIpc) is 3.20. The van der Waals surface area contributed by atoms with Crippen LogP contribution in [0.4, 0.5) is 0 Å². The third-order valence-corrected chi connectivity index (χ3v) is 5.35. The first-order valence-electron chi connectivity index (χ1n) is 9.18. The number of rotatable bonds is 6. The lowest BCUT2D eigenvalue weighted by Crippen LogP contribution is -2.55. The fourth-order valence-corrected chi connectivity index (χ4v) is 3.57. The summed E-state index contributed by atoms with van der Waals surface area (Å²) in [5, 5.41) is 6.22. The second-order valence-corrected chi connectivity index (χ2v) is 7.32. The van der Waals surface area contributed by atoms with Gasteiger partial charge in [-0.1, -0.05) is 12.8 Å². The van der Waals surface area contributed by atoms with Gasteiger partial charge in [0, 0.05) is 38.3 Å². The Morgan fingerprint density at radius 2 is 1.57 bits per heavy atom.